The summed E-state index contributed by atoms with van der Waals surface area (Å²) in [6.07, 6.45) is 4.24. The number of hydrogen-bond acceptors (Lipinski definition) is 6. The molecule has 0 aliphatic rings. The summed E-state index contributed by atoms with van der Waals surface area (Å²) >= 11 is 7.24. The number of urea groups is 1. The van der Waals surface area contributed by atoms with Crippen LogP contribution >= 0.6 is 22.9 Å². The molecule has 0 saturated carbocycles. The summed E-state index contributed by atoms with van der Waals surface area (Å²) in [5, 5.41) is 5.87. The Bertz CT molecular complexity index is 1100. The second-order valence-corrected chi connectivity index (χ2v) is 9.06. The fourth-order valence-corrected chi connectivity index (χ4v) is 4.60. The van der Waals surface area contributed by atoms with Crippen LogP contribution in [-0.4, -0.2) is 30.7 Å². The second-order valence-electron chi connectivity index (χ2n) is 5.67. The van der Waals surface area contributed by atoms with Crippen LogP contribution in [0, 0.1) is 6.92 Å². The first-order valence-corrected chi connectivity index (χ1v) is 10.8. The van der Waals surface area contributed by atoms with Crippen LogP contribution in [0.2, 0.25) is 5.02 Å². The maximum atomic E-state index is 12.1. The molecule has 0 atom stereocenters. The predicted molar refractivity (Wildman–Crippen MR) is 107 cm³/mol. The molecule has 0 spiro atoms. The molecular formula is C17H15ClN4O3S2. The number of aryl methyl sites for hydroxylation is 1. The first-order chi connectivity index (χ1) is 12.7. The van der Waals surface area contributed by atoms with E-state index in [1.807, 2.05) is 0 Å². The molecule has 10 heteroatoms. The van der Waals surface area contributed by atoms with Crippen LogP contribution in [-0.2, 0) is 9.84 Å². The van der Waals surface area contributed by atoms with E-state index in [0.717, 1.165) is 11.1 Å². The minimum atomic E-state index is -3.46. The predicted octanol–water partition coefficient (Wildman–Crippen LogP) is 4.21. The van der Waals surface area contributed by atoms with Crippen molar-refractivity contribution in [1.82, 2.24) is 9.97 Å². The van der Waals surface area contributed by atoms with Gasteiger partial charge in [-0.05, 0) is 36.8 Å². The van der Waals surface area contributed by atoms with Gasteiger partial charge < -0.3 is 5.32 Å². The molecular weight excluding hydrogens is 408 g/mol. The average Bonchev–Trinajstić information content (AvgIpc) is 2.95. The third-order valence-electron chi connectivity index (χ3n) is 3.53. The molecule has 27 heavy (non-hydrogen) atoms. The van der Waals surface area contributed by atoms with Crippen LogP contribution in [0.25, 0.3) is 10.4 Å². The third kappa shape index (κ3) is 4.62. The van der Waals surface area contributed by atoms with E-state index >= 15 is 0 Å². The lowest BCUT2D eigenvalue weighted by molar-refractivity contribution is 0.262. The Balaban J connectivity index is 1.84. The van der Waals surface area contributed by atoms with Gasteiger partial charge in [0.15, 0.2) is 15.0 Å². The SMILES string of the molecule is Cc1nc(NC(=O)Nc2cccnc2)sc1-c1ccc(Cl)c(S(C)(=O)=O)c1. The van der Waals surface area contributed by atoms with Gasteiger partial charge in [-0.25, -0.2) is 18.2 Å². The number of sulfone groups is 1. The first kappa shape index (κ1) is 19.3. The molecule has 0 unspecified atom stereocenters. The molecule has 0 bridgehead atoms. The summed E-state index contributed by atoms with van der Waals surface area (Å²) in [5.41, 5.74) is 1.88. The third-order valence-corrected chi connectivity index (χ3v) is 6.23. The van der Waals surface area contributed by atoms with Crippen molar-refractivity contribution in [3.05, 3.63) is 53.4 Å². The second kappa shape index (κ2) is 7.63. The molecule has 0 aliphatic carbocycles. The normalized spacial score (nSPS) is 11.2. The number of hydrogen-bond donors (Lipinski definition) is 2. The number of aromatic nitrogens is 2. The Kier molecular flexibility index (Phi) is 5.45. The molecule has 0 saturated heterocycles. The molecule has 0 fully saturated rings. The van der Waals surface area contributed by atoms with Gasteiger partial charge in [0.1, 0.15) is 0 Å². The number of anilines is 2. The summed E-state index contributed by atoms with van der Waals surface area (Å²) in [6.45, 7) is 1.78. The monoisotopic (exact) mass is 422 g/mol. The number of rotatable bonds is 4. The van der Waals surface area contributed by atoms with Gasteiger partial charge >= 0.3 is 6.03 Å². The van der Waals surface area contributed by atoms with E-state index in [2.05, 4.69) is 20.6 Å². The number of benzene rings is 1. The number of nitrogens with zero attached hydrogens (tertiary/aromatic N) is 2. The zero-order valence-corrected chi connectivity index (χ0v) is 16.7. The summed E-state index contributed by atoms with van der Waals surface area (Å²) < 4.78 is 23.8. The van der Waals surface area contributed by atoms with Gasteiger partial charge in [0.2, 0.25) is 0 Å². The maximum Gasteiger partial charge on any atom is 0.325 e. The largest absolute Gasteiger partial charge is 0.325 e. The lowest BCUT2D eigenvalue weighted by atomic mass is 10.2. The highest BCUT2D eigenvalue weighted by Crippen LogP contribution is 2.35. The van der Waals surface area contributed by atoms with Crippen LogP contribution in [0.5, 0.6) is 0 Å². The lowest BCUT2D eigenvalue weighted by Gasteiger charge is -2.05. The number of carbonyl (C=O) groups excluding carboxylic acids is 1. The van der Waals surface area contributed by atoms with Gasteiger partial charge in [0.25, 0.3) is 0 Å². The fraction of sp³-hybridized carbons (Fsp3) is 0.118. The summed E-state index contributed by atoms with van der Waals surface area (Å²) in [5.74, 6) is 0. The fourth-order valence-electron chi connectivity index (χ4n) is 2.34. The first-order valence-electron chi connectivity index (χ1n) is 7.69. The molecule has 3 aromatic rings. The van der Waals surface area contributed by atoms with Crippen molar-refractivity contribution in [2.45, 2.75) is 11.8 Å². The van der Waals surface area contributed by atoms with Crippen LogP contribution in [0.1, 0.15) is 5.69 Å². The van der Waals surface area contributed by atoms with Gasteiger partial charge in [-0.1, -0.05) is 29.0 Å². The summed E-state index contributed by atoms with van der Waals surface area (Å²) in [4.78, 5) is 21.1. The Hall–Kier alpha value is -2.49. The van der Waals surface area contributed by atoms with E-state index < -0.39 is 15.9 Å². The van der Waals surface area contributed by atoms with Crippen molar-refractivity contribution in [3.8, 4) is 10.4 Å². The van der Waals surface area contributed by atoms with Crippen molar-refractivity contribution in [1.29, 1.82) is 0 Å². The average molecular weight is 423 g/mol. The van der Waals surface area contributed by atoms with E-state index in [4.69, 9.17) is 11.6 Å². The van der Waals surface area contributed by atoms with E-state index in [1.165, 1.54) is 29.7 Å². The Morgan fingerprint density at radius 2 is 2.00 bits per heavy atom. The highest BCUT2D eigenvalue weighted by molar-refractivity contribution is 7.90. The van der Waals surface area contributed by atoms with Crippen molar-refractivity contribution >= 4 is 49.6 Å². The molecule has 7 nitrogen and oxygen atoms in total. The van der Waals surface area contributed by atoms with E-state index in [1.54, 1.807) is 31.3 Å². The lowest BCUT2D eigenvalue weighted by Crippen LogP contribution is -2.19. The van der Waals surface area contributed by atoms with Crippen molar-refractivity contribution in [2.24, 2.45) is 0 Å². The number of thiazole rings is 1. The van der Waals surface area contributed by atoms with Crippen molar-refractivity contribution in [2.75, 3.05) is 16.9 Å². The van der Waals surface area contributed by atoms with Crippen LogP contribution in [0.4, 0.5) is 15.6 Å². The van der Waals surface area contributed by atoms with Gasteiger partial charge in [-0.3, -0.25) is 10.3 Å². The summed E-state index contributed by atoms with van der Waals surface area (Å²) in [6, 6.07) is 7.74. The van der Waals surface area contributed by atoms with Gasteiger partial charge in [-0.2, -0.15) is 0 Å². The minimum absolute atomic E-state index is 0.0540. The highest BCUT2D eigenvalue weighted by atomic mass is 35.5. The van der Waals surface area contributed by atoms with Crippen LogP contribution in [0.15, 0.2) is 47.6 Å². The van der Waals surface area contributed by atoms with E-state index in [-0.39, 0.29) is 9.92 Å². The van der Waals surface area contributed by atoms with Gasteiger partial charge in [0, 0.05) is 12.5 Å². The smallest absolute Gasteiger partial charge is 0.306 e. The zero-order chi connectivity index (χ0) is 19.6. The highest BCUT2D eigenvalue weighted by Gasteiger charge is 2.17. The summed E-state index contributed by atoms with van der Waals surface area (Å²) in [7, 11) is -3.46. The molecule has 2 N–H and O–H groups in total. The van der Waals surface area contributed by atoms with E-state index in [0.29, 0.717) is 22.1 Å². The number of amides is 2. The topological polar surface area (TPSA) is 101 Å². The molecule has 0 radical (unpaired) electrons. The number of halogens is 1. The Labute approximate surface area is 165 Å². The molecule has 0 aliphatic heterocycles. The molecule has 2 amide bonds. The maximum absolute atomic E-state index is 12.1. The number of pyridine rings is 1. The Morgan fingerprint density at radius 3 is 2.67 bits per heavy atom. The molecule has 2 heterocycles. The zero-order valence-electron chi connectivity index (χ0n) is 14.4. The standard InChI is InChI=1S/C17H15ClN4O3S2/c1-10-15(11-5-6-13(18)14(8-11)27(2,24)25)26-17(20-10)22-16(23)21-12-4-3-7-19-9-12/h3-9H,1-2H3,(H2,20,21,22,23). The van der Waals surface area contributed by atoms with Crippen LogP contribution < -0.4 is 10.6 Å². The molecule has 2 aromatic heterocycles. The molecule has 1 aromatic carbocycles. The van der Waals surface area contributed by atoms with Gasteiger partial charge in [-0.15, -0.1) is 0 Å². The van der Waals surface area contributed by atoms with Gasteiger partial charge in [0.05, 0.1) is 32.4 Å². The van der Waals surface area contributed by atoms with Crippen molar-refractivity contribution in [3.63, 3.8) is 0 Å². The van der Waals surface area contributed by atoms with E-state index in [9.17, 15) is 13.2 Å². The number of nitrogens with one attached hydrogen (secondary N) is 2. The Morgan fingerprint density at radius 1 is 1.22 bits per heavy atom. The van der Waals surface area contributed by atoms with Crippen LogP contribution in [0.3, 0.4) is 0 Å². The molecule has 140 valence electrons. The minimum Gasteiger partial charge on any atom is -0.306 e. The quantitative estimate of drug-likeness (QED) is 0.655. The van der Waals surface area contributed by atoms with Crippen molar-refractivity contribution < 1.29 is 13.2 Å². The molecule has 3 rings (SSSR count). The number of carbonyl (C=O) groups is 1.